The monoisotopic (exact) mass is 316 g/mol. The average Bonchev–Trinajstić information content (AvgIpc) is 2.37. The van der Waals surface area contributed by atoms with E-state index in [-0.39, 0.29) is 26.6 Å². The van der Waals surface area contributed by atoms with Gasteiger partial charge in [-0.15, -0.1) is 0 Å². The molecule has 2 rings (SSSR count). The molecule has 0 spiro atoms. The number of nitrogens with one attached hydrogen (secondary N) is 1. The third-order valence-corrected chi connectivity index (χ3v) is 3.13. The molecule has 0 saturated carbocycles. The summed E-state index contributed by atoms with van der Waals surface area (Å²) in [5, 5.41) is 2.83. The van der Waals surface area contributed by atoms with E-state index in [0.29, 0.717) is 5.69 Å². The normalized spacial score (nSPS) is 10.3. The van der Waals surface area contributed by atoms with Crippen molar-refractivity contribution in [3.63, 3.8) is 0 Å². The highest BCUT2D eigenvalue weighted by atomic mass is 35.5. The zero-order chi connectivity index (χ0) is 14.0. The first-order valence-electron chi connectivity index (χ1n) is 5.01. The molecule has 3 N–H and O–H groups in total. The van der Waals surface area contributed by atoms with E-state index in [1.165, 1.54) is 18.5 Å². The Morgan fingerprint density at radius 3 is 2.42 bits per heavy atom. The fourth-order valence-electron chi connectivity index (χ4n) is 1.35. The topological polar surface area (TPSA) is 80.9 Å². The molecule has 0 atom stereocenters. The van der Waals surface area contributed by atoms with Crippen molar-refractivity contribution < 1.29 is 4.79 Å². The predicted octanol–water partition coefficient (Wildman–Crippen LogP) is 3.27. The third-order valence-electron chi connectivity index (χ3n) is 2.23. The molecule has 5 nitrogen and oxygen atoms in total. The summed E-state index contributed by atoms with van der Waals surface area (Å²) >= 11 is 17.6. The van der Waals surface area contributed by atoms with Crippen molar-refractivity contribution in [2.45, 2.75) is 0 Å². The Labute approximate surface area is 123 Å². The van der Waals surface area contributed by atoms with Gasteiger partial charge in [-0.3, -0.25) is 4.79 Å². The van der Waals surface area contributed by atoms with Crippen LogP contribution in [0.4, 0.5) is 11.4 Å². The van der Waals surface area contributed by atoms with Gasteiger partial charge in [-0.1, -0.05) is 34.8 Å². The van der Waals surface area contributed by atoms with Crippen molar-refractivity contribution >= 4 is 52.1 Å². The fourth-order valence-corrected chi connectivity index (χ4v) is 1.96. The molecule has 1 heterocycles. The fraction of sp³-hybridized carbons (Fsp3) is 0. The van der Waals surface area contributed by atoms with Gasteiger partial charge >= 0.3 is 0 Å². The number of rotatable bonds is 2. The van der Waals surface area contributed by atoms with Gasteiger partial charge in [-0.25, -0.2) is 9.97 Å². The lowest BCUT2D eigenvalue weighted by Crippen LogP contribution is -2.14. The Bertz CT molecular complexity index is 628. The number of nitrogen functional groups attached to an aromatic ring is 1. The highest BCUT2D eigenvalue weighted by molar-refractivity contribution is 6.39. The van der Waals surface area contributed by atoms with Gasteiger partial charge in [-0.2, -0.15) is 0 Å². The van der Waals surface area contributed by atoms with Crippen molar-refractivity contribution in [2.75, 3.05) is 11.1 Å². The predicted molar refractivity (Wildman–Crippen MR) is 75.9 cm³/mol. The molecule has 1 amide bonds. The van der Waals surface area contributed by atoms with Crippen LogP contribution in [0.25, 0.3) is 0 Å². The first-order valence-corrected chi connectivity index (χ1v) is 6.15. The van der Waals surface area contributed by atoms with E-state index in [1.54, 1.807) is 6.07 Å². The molecule has 0 unspecified atom stereocenters. The lowest BCUT2D eigenvalue weighted by atomic mass is 10.2. The molecular formula is C11H7Cl3N4O. The SMILES string of the molecule is Nc1ccc(Cl)c(C(=O)Nc2c(Cl)ncnc2Cl)c1. The third kappa shape index (κ3) is 3.07. The maximum atomic E-state index is 12.1. The minimum Gasteiger partial charge on any atom is -0.399 e. The molecular weight excluding hydrogens is 311 g/mol. The van der Waals surface area contributed by atoms with Gasteiger partial charge in [0, 0.05) is 5.69 Å². The summed E-state index contributed by atoms with van der Waals surface area (Å²) in [4.78, 5) is 19.5. The van der Waals surface area contributed by atoms with Crippen LogP contribution in [0.1, 0.15) is 10.4 Å². The van der Waals surface area contributed by atoms with Gasteiger partial charge in [0.15, 0.2) is 10.3 Å². The van der Waals surface area contributed by atoms with Gasteiger partial charge in [0.1, 0.15) is 12.0 Å². The van der Waals surface area contributed by atoms with Crippen LogP contribution in [-0.2, 0) is 0 Å². The zero-order valence-electron chi connectivity index (χ0n) is 9.32. The number of hydrogen-bond acceptors (Lipinski definition) is 4. The summed E-state index contributed by atoms with van der Waals surface area (Å²) in [6.07, 6.45) is 1.19. The molecule has 8 heteroatoms. The van der Waals surface area contributed by atoms with Crippen molar-refractivity contribution in [3.8, 4) is 0 Å². The molecule has 98 valence electrons. The van der Waals surface area contributed by atoms with E-state index in [0.717, 1.165) is 0 Å². The Morgan fingerprint density at radius 1 is 1.16 bits per heavy atom. The average molecular weight is 318 g/mol. The minimum absolute atomic E-state index is 0.0355. The summed E-state index contributed by atoms with van der Waals surface area (Å²) in [5.41, 5.74) is 6.34. The molecule has 2 aromatic rings. The van der Waals surface area contributed by atoms with E-state index in [4.69, 9.17) is 40.5 Å². The maximum Gasteiger partial charge on any atom is 0.257 e. The number of halogens is 3. The highest BCUT2D eigenvalue weighted by Crippen LogP contribution is 2.27. The van der Waals surface area contributed by atoms with E-state index in [1.807, 2.05) is 0 Å². The summed E-state index contributed by atoms with van der Waals surface area (Å²) in [7, 11) is 0. The van der Waals surface area contributed by atoms with E-state index >= 15 is 0 Å². The van der Waals surface area contributed by atoms with Crippen molar-refractivity contribution in [2.24, 2.45) is 0 Å². The Kier molecular flexibility index (Phi) is 4.09. The molecule has 19 heavy (non-hydrogen) atoms. The van der Waals surface area contributed by atoms with Gasteiger partial charge < -0.3 is 11.1 Å². The van der Waals surface area contributed by atoms with Crippen molar-refractivity contribution in [1.29, 1.82) is 0 Å². The molecule has 0 saturated heterocycles. The molecule has 0 radical (unpaired) electrons. The number of carbonyl (C=O) groups excluding carboxylic acids is 1. The number of nitrogens with zero attached hydrogens (tertiary/aromatic N) is 2. The van der Waals surface area contributed by atoms with Gasteiger partial charge in [0.05, 0.1) is 10.6 Å². The first kappa shape index (κ1) is 13.9. The Morgan fingerprint density at radius 2 is 1.79 bits per heavy atom. The Balaban J connectivity index is 2.34. The zero-order valence-corrected chi connectivity index (χ0v) is 11.6. The van der Waals surface area contributed by atoms with Gasteiger partial charge in [0.25, 0.3) is 5.91 Å². The quantitative estimate of drug-likeness (QED) is 0.658. The smallest absolute Gasteiger partial charge is 0.257 e. The van der Waals surface area contributed by atoms with Crippen LogP contribution in [0.15, 0.2) is 24.5 Å². The number of amides is 1. The summed E-state index contributed by atoms with van der Waals surface area (Å²) < 4.78 is 0. The molecule has 1 aromatic heterocycles. The second kappa shape index (κ2) is 5.61. The second-order valence-corrected chi connectivity index (χ2v) is 4.65. The van der Waals surface area contributed by atoms with Crippen LogP contribution in [0.5, 0.6) is 0 Å². The van der Waals surface area contributed by atoms with Gasteiger partial charge in [-0.05, 0) is 18.2 Å². The second-order valence-electron chi connectivity index (χ2n) is 3.52. The molecule has 0 fully saturated rings. The minimum atomic E-state index is -0.504. The number of nitrogens with two attached hydrogens (primary N) is 1. The van der Waals surface area contributed by atoms with E-state index in [2.05, 4.69) is 15.3 Å². The van der Waals surface area contributed by atoms with Crippen LogP contribution in [0.3, 0.4) is 0 Å². The largest absolute Gasteiger partial charge is 0.399 e. The number of hydrogen-bond donors (Lipinski definition) is 2. The summed E-state index contributed by atoms with van der Waals surface area (Å²) in [5.74, 6) is -0.504. The molecule has 0 aliphatic rings. The van der Waals surface area contributed by atoms with Crippen LogP contribution in [-0.4, -0.2) is 15.9 Å². The van der Waals surface area contributed by atoms with Crippen molar-refractivity contribution in [1.82, 2.24) is 9.97 Å². The number of carbonyl (C=O) groups is 1. The number of benzene rings is 1. The van der Waals surface area contributed by atoms with Crippen molar-refractivity contribution in [3.05, 3.63) is 45.4 Å². The maximum absolute atomic E-state index is 12.1. The van der Waals surface area contributed by atoms with Crippen LogP contribution in [0, 0.1) is 0 Å². The molecule has 0 aliphatic heterocycles. The first-order chi connectivity index (χ1) is 8.99. The van der Waals surface area contributed by atoms with Crippen LogP contribution < -0.4 is 11.1 Å². The highest BCUT2D eigenvalue weighted by Gasteiger charge is 2.15. The van der Waals surface area contributed by atoms with Crippen LogP contribution in [0.2, 0.25) is 15.3 Å². The molecule has 0 bridgehead atoms. The standard InChI is InChI=1S/C11H7Cl3N4O/c12-7-2-1-5(15)3-6(7)11(19)18-8-9(13)16-4-17-10(8)14/h1-4H,15H2,(H,18,19). The van der Waals surface area contributed by atoms with Gasteiger partial charge in [0.2, 0.25) is 0 Å². The lowest BCUT2D eigenvalue weighted by Gasteiger charge is -2.09. The number of anilines is 2. The Hall–Kier alpha value is -1.56. The summed E-state index contributed by atoms with van der Waals surface area (Å²) in [6.45, 7) is 0. The number of aromatic nitrogens is 2. The molecule has 0 aliphatic carbocycles. The van der Waals surface area contributed by atoms with Crippen LogP contribution >= 0.6 is 34.8 Å². The van der Waals surface area contributed by atoms with E-state index in [9.17, 15) is 4.79 Å². The van der Waals surface area contributed by atoms with E-state index < -0.39 is 5.91 Å². The molecule has 1 aromatic carbocycles. The lowest BCUT2D eigenvalue weighted by molar-refractivity contribution is 0.102. The summed E-state index contributed by atoms with van der Waals surface area (Å²) in [6, 6.07) is 4.56.